The standard InChI is InChI=1S/C24H34O7/c1-21-11-18(27)20-17(5-8-23(29)10-15(26)4-7-22(20,23)13-25)24(21,30)9-6-16(21)14-2-3-19(28)31-12-14/h2-3,12,15-18,20,25-27,29-30H,4-11,13H2,1H3/t15-,16+,17+,18+,20+,21+,22-,23-,24-/m0/s1. The molecule has 1 aromatic rings. The molecule has 4 aliphatic rings. The van der Waals surface area contributed by atoms with Gasteiger partial charge in [-0.3, -0.25) is 0 Å². The molecule has 31 heavy (non-hydrogen) atoms. The molecular formula is C24H34O7. The summed E-state index contributed by atoms with van der Waals surface area (Å²) < 4.78 is 5.10. The summed E-state index contributed by atoms with van der Waals surface area (Å²) in [4.78, 5) is 11.4. The maximum atomic E-state index is 12.2. The third-order valence-electron chi connectivity index (χ3n) is 10.0. The first-order valence-corrected chi connectivity index (χ1v) is 11.6. The minimum Gasteiger partial charge on any atom is -0.431 e. The van der Waals surface area contributed by atoms with E-state index < -0.39 is 45.8 Å². The first kappa shape index (κ1) is 21.6. The van der Waals surface area contributed by atoms with Gasteiger partial charge in [0.15, 0.2) is 0 Å². The number of hydrogen-bond acceptors (Lipinski definition) is 7. The SMILES string of the molecule is C[C@]12C[C@@H](O)[C@H]3[C@@H](CC[C@]4(O)C[C@@H](O)CC[C@]34CO)[C@@]1(O)CC[C@@H]2c1ccc(=O)oc1. The van der Waals surface area contributed by atoms with Gasteiger partial charge in [-0.15, -0.1) is 0 Å². The van der Waals surface area contributed by atoms with Crippen LogP contribution in [0.5, 0.6) is 0 Å². The summed E-state index contributed by atoms with van der Waals surface area (Å²) in [5.41, 5.74) is -3.41. The summed E-state index contributed by atoms with van der Waals surface area (Å²) >= 11 is 0. The molecule has 7 heteroatoms. The van der Waals surface area contributed by atoms with Gasteiger partial charge >= 0.3 is 5.63 Å². The lowest BCUT2D eigenvalue weighted by Crippen LogP contribution is -2.72. The normalized spacial score (nSPS) is 51.6. The summed E-state index contributed by atoms with van der Waals surface area (Å²) in [6, 6.07) is 3.15. The Morgan fingerprint density at radius 2 is 1.84 bits per heavy atom. The lowest BCUT2D eigenvalue weighted by Gasteiger charge is -2.67. The van der Waals surface area contributed by atoms with E-state index in [2.05, 4.69) is 0 Å². The van der Waals surface area contributed by atoms with Gasteiger partial charge in [0.1, 0.15) is 0 Å². The predicted molar refractivity (Wildman–Crippen MR) is 111 cm³/mol. The Morgan fingerprint density at radius 3 is 2.52 bits per heavy atom. The van der Waals surface area contributed by atoms with Crippen LogP contribution in [0.4, 0.5) is 0 Å². The highest BCUT2D eigenvalue weighted by atomic mass is 16.4. The summed E-state index contributed by atoms with van der Waals surface area (Å²) in [5.74, 6) is -0.754. The molecule has 1 heterocycles. The zero-order chi connectivity index (χ0) is 22.2. The largest absolute Gasteiger partial charge is 0.431 e. The van der Waals surface area contributed by atoms with Crippen LogP contribution in [0.1, 0.15) is 69.8 Å². The van der Waals surface area contributed by atoms with Gasteiger partial charge in [0, 0.05) is 29.2 Å². The Balaban J connectivity index is 1.56. The summed E-state index contributed by atoms with van der Waals surface area (Å²) in [7, 11) is 0. The van der Waals surface area contributed by atoms with E-state index in [9.17, 15) is 30.3 Å². The third kappa shape index (κ3) is 2.67. The van der Waals surface area contributed by atoms with Gasteiger partial charge in [-0.25, -0.2) is 4.79 Å². The molecule has 0 aliphatic heterocycles. The van der Waals surface area contributed by atoms with Crippen molar-refractivity contribution in [2.45, 2.75) is 87.6 Å². The fourth-order valence-corrected chi connectivity index (χ4v) is 8.50. The maximum Gasteiger partial charge on any atom is 0.335 e. The molecule has 172 valence electrons. The lowest BCUT2D eigenvalue weighted by molar-refractivity contribution is -0.291. The molecule has 0 aromatic carbocycles. The molecular weight excluding hydrogens is 400 g/mol. The average Bonchev–Trinajstić information content (AvgIpc) is 2.99. The molecule has 0 bridgehead atoms. The Hall–Kier alpha value is -1.25. The third-order valence-corrected chi connectivity index (χ3v) is 10.0. The first-order chi connectivity index (χ1) is 14.6. The van der Waals surface area contributed by atoms with Gasteiger partial charge in [-0.1, -0.05) is 6.92 Å². The molecule has 0 saturated heterocycles. The van der Waals surface area contributed by atoms with Gasteiger partial charge < -0.3 is 29.9 Å². The van der Waals surface area contributed by atoms with Gasteiger partial charge in [0.05, 0.1) is 36.3 Å². The van der Waals surface area contributed by atoms with Crippen molar-refractivity contribution in [1.82, 2.24) is 0 Å². The van der Waals surface area contributed by atoms with Crippen LogP contribution in [-0.2, 0) is 0 Å². The van der Waals surface area contributed by atoms with Crippen molar-refractivity contribution in [3.63, 3.8) is 0 Å². The second-order valence-electron chi connectivity index (χ2n) is 11.0. The van der Waals surface area contributed by atoms with Crippen LogP contribution in [0, 0.1) is 22.7 Å². The Kier molecular flexibility index (Phi) is 4.79. The van der Waals surface area contributed by atoms with E-state index in [0.29, 0.717) is 44.9 Å². The Morgan fingerprint density at radius 1 is 1.06 bits per heavy atom. The van der Waals surface area contributed by atoms with Crippen LogP contribution in [0.15, 0.2) is 27.6 Å². The molecule has 1 aromatic heterocycles. The van der Waals surface area contributed by atoms with Crippen LogP contribution < -0.4 is 5.63 Å². The van der Waals surface area contributed by atoms with E-state index in [1.165, 1.54) is 12.3 Å². The van der Waals surface area contributed by atoms with Crippen molar-refractivity contribution < 1.29 is 29.9 Å². The highest BCUT2D eigenvalue weighted by Crippen LogP contribution is 2.71. The summed E-state index contributed by atoms with van der Waals surface area (Å²) in [5, 5.41) is 56.0. The maximum absolute atomic E-state index is 12.2. The number of rotatable bonds is 2. The molecule has 0 amide bonds. The average molecular weight is 435 g/mol. The molecule has 5 rings (SSSR count). The van der Waals surface area contributed by atoms with Gasteiger partial charge in [0.25, 0.3) is 0 Å². The van der Waals surface area contributed by atoms with Crippen LogP contribution in [0.2, 0.25) is 0 Å². The summed E-state index contributed by atoms with van der Waals surface area (Å²) in [6.45, 7) is 1.75. The second-order valence-corrected chi connectivity index (χ2v) is 11.0. The molecule has 9 atom stereocenters. The zero-order valence-corrected chi connectivity index (χ0v) is 18.0. The van der Waals surface area contributed by atoms with Crippen molar-refractivity contribution in [1.29, 1.82) is 0 Å². The van der Waals surface area contributed by atoms with Crippen molar-refractivity contribution in [2.24, 2.45) is 22.7 Å². The van der Waals surface area contributed by atoms with E-state index >= 15 is 0 Å². The number of aliphatic hydroxyl groups is 5. The van der Waals surface area contributed by atoms with Gasteiger partial charge in [-0.2, -0.15) is 0 Å². The Bertz CT molecular complexity index is 895. The smallest absolute Gasteiger partial charge is 0.335 e. The van der Waals surface area contributed by atoms with Crippen molar-refractivity contribution in [2.75, 3.05) is 6.61 Å². The van der Waals surface area contributed by atoms with E-state index in [1.54, 1.807) is 6.07 Å². The molecule has 4 fully saturated rings. The highest BCUT2D eigenvalue weighted by Gasteiger charge is 2.73. The van der Waals surface area contributed by atoms with Crippen LogP contribution in [0.25, 0.3) is 0 Å². The summed E-state index contributed by atoms with van der Waals surface area (Å²) in [6.07, 6.45) is 3.71. The van der Waals surface area contributed by atoms with Crippen LogP contribution >= 0.6 is 0 Å². The monoisotopic (exact) mass is 434 g/mol. The molecule has 7 nitrogen and oxygen atoms in total. The van der Waals surface area contributed by atoms with E-state index in [4.69, 9.17) is 4.42 Å². The topological polar surface area (TPSA) is 131 Å². The van der Waals surface area contributed by atoms with Crippen LogP contribution in [-0.4, -0.2) is 55.5 Å². The van der Waals surface area contributed by atoms with Crippen molar-refractivity contribution in [3.8, 4) is 0 Å². The van der Waals surface area contributed by atoms with Crippen molar-refractivity contribution in [3.05, 3.63) is 34.4 Å². The molecule has 4 aliphatic carbocycles. The Labute approximate surface area is 181 Å². The van der Waals surface area contributed by atoms with Gasteiger partial charge in [-0.05, 0) is 68.4 Å². The number of aliphatic hydroxyl groups excluding tert-OH is 3. The molecule has 5 N–H and O–H groups in total. The molecule has 0 unspecified atom stereocenters. The minimum absolute atomic E-state index is 0.0588. The van der Waals surface area contributed by atoms with E-state index in [1.807, 2.05) is 6.92 Å². The first-order valence-electron chi connectivity index (χ1n) is 11.6. The minimum atomic E-state index is -1.24. The number of hydrogen-bond donors (Lipinski definition) is 5. The van der Waals surface area contributed by atoms with Crippen molar-refractivity contribution >= 4 is 0 Å². The quantitative estimate of drug-likeness (QED) is 0.474. The fraction of sp³-hybridized carbons (Fsp3) is 0.792. The molecule has 0 spiro atoms. The van der Waals surface area contributed by atoms with E-state index in [-0.39, 0.29) is 24.9 Å². The highest BCUT2D eigenvalue weighted by molar-refractivity contribution is 5.29. The van der Waals surface area contributed by atoms with Gasteiger partial charge in [0.2, 0.25) is 0 Å². The zero-order valence-electron chi connectivity index (χ0n) is 18.0. The van der Waals surface area contributed by atoms with Crippen LogP contribution in [0.3, 0.4) is 0 Å². The fourth-order valence-electron chi connectivity index (χ4n) is 8.50. The van der Waals surface area contributed by atoms with E-state index in [0.717, 1.165) is 5.56 Å². The second kappa shape index (κ2) is 6.87. The predicted octanol–water partition coefficient (Wildman–Crippen LogP) is 1.30. The molecule has 4 saturated carbocycles. The number of fused-ring (bicyclic) bond motifs is 5. The molecule has 0 radical (unpaired) electrons. The lowest BCUT2D eigenvalue weighted by atomic mass is 9.41.